The van der Waals surface area contributed by atoms with Gasteiger partial charge in [0.15, 0.2) is 0 Å². The summed E-state index contributed by atoms with van der Waals surface area (Å²) in [7, 11) is 5.53. The molecule has 0 atom stereocenters. The lowest BCUT2D eigenvalue weighted by Gasteiger charge is -2.12. The van der Waals surface area contributed by atoms with Crippen LogP contribution in [0.2, 0.25) is 0 Å². The average molecular weight is 229 g/mol. The van der Waals surface area contributed by atoms with Crippen LogP contribution in [0.5, 0.6) is 5.88 Å². The van der Waals surface area contributed by atoms with E-state index in [0.29, 0.717) is 5.88 Å². The molecular formula is C13H15N3O. The van der Waals surface area contributed by atoms with Gasteiger partial charge in [0.1, 0.15) is 5.82 Å². The maximum atomic E-state index is 5.10. The predicted molar refractivity (Wildman–Crippen MR) is 68.3 cm³/mol. The molecule has 2 rings (SSSR count). The highest BCUT2D eigenvalue weighted by molar-refractivity contribution is 5.57. The third-order valence-electron chi connectivity index (χ3n) is 2.39. The van der Waals surface area contributed by atoms with Gasteiger partial charge in [-0.2, -0.15) is 0 Å². The van der Waals surface area contributed by atoms with E-state index in [1.807, 2.05) is 55.4 Å². The number of hydrogen-bond acceptors (Lipinski definition) is 4. The smallest absolute Gasteiger partial charge is 0.213 e. The molecule has 0 aliphatic carbocycles. The Labute approximate surface area is 101 Å². The first kappa shape index (κ1) is 11.4. The van der Waals surface area contributed by atoms with Crippen LogP contribution in [0.25, 0.3) is 11.4 Å². The van der Waals surface area contributed by atoms with Gasteiger partial charge < -0.3 is 9.64 Å². The topological polar surface area (TPSA) is 38.2 Å². The highest BCUT2D eigenvalue weighted by Crippen LogP contribution is 2.19. The molecule has 0 bridgehead atoms. The number of nitrogens with zero attached hydrogens (tertiary/aromatic N) is 3. The SMILES string of the molecule is COc1cccc(-c2cccc(N(C)C)n2)n1. The van der Waals surface area contributed by atoms with E-state index in [2.05, 4.69) is 9.97 Å². The first-order valence-electron chi connectivity index (χ1n) is 5.36. The van der Waals surface area contributed by atoms with Crippen molar-refractivity contribution in [3.05, 3.63) is 36.4 Å². The normalized spacial score (nSPS) is 10.1. The van der Waals surface area contributed by atoms with Gasteiger partial charge in [-0.1, -0.05) is 12.1 Å². The van der Waals surface area contributed by atoms with Gasteiger partial charge in [-0.05, 0) is 18.2 Å². The molecule has 4 nitrogen and oxygen atoms in total. The van der Waals surface area contributed by atoms with E-state index in [1.165, 1.54) is 0 Å². The molecule has 2 heterocycles. The number of ether oxygens (including phenoxy) is 1. The van der Waals surface area contributed by atoms with Gasteiger partial charge in [0.25, 0.3) is 0 Å². The second kappa shape index (κ2) is 4.82. The van der Waals surface area contributed by atoms with Gasteiger partial charge in [-0.15, -0.1) is 0 Å². The third kappa shape index (κ3) is 2.53. The maximum absolute atomic E-state index is 5.10. The van der Waals surface area contributed by atoms with Crippen molar-refractivity contribution in [1.29, 1.82) is 0 Å². The van der Waals surface area contributed by atoms with Crippen LogP contribution in [0.3, 0.4) is 0 Å². The van der Waals surface area contributed by atoms with Crippen LogP contribution < -0.4 is 9.64 Å². The zero-order chi connectivity index (χ0) is 12.3. The quantitative estimate of drug-likeness (QED) is 0.809. The predicted octanol–water partition coefficient (Wildman–Crippen LogP) is 2.22. The molecule has 2 aromatic heterocycles. The van der Waals surface area contributed by atoms with E-state index in [9.17, 15) is 0 Å². The Hall–Kier alpha value is -2.10. The van der Waals surface area contributed by atoms with Crippen molar-refractivity contribution in [2.24, 2.45) is 0 Å². The van der Waals surface area contributed by atoms with Crippen molar-refractivity contribution in [1.82, 2.24) is 9.97 Å². The van der Waals surface area contributed by atoms with Gasteiger partial charge in [-0.3, -0.25) is 0 Å². The van der Waals surface area contributed by atoms with Crippen LogP contribution >= 0.6 is 0 Å². The minimum Gasteiger partial charge on any atom is -0.481 e. The number of hydrogen-bond donors (Lipinski definition) is 0. The van der Waals surface area contributed by atoms with Gasteiger partial charge >= 0.3 is 0 Å². The zero-order valence-electron chi connectivity index (χ0n) is 10.2. The molecule has 0 saturated heterocycles. The van der Waals surface area contributed by atoms with Crippen LogP contribution in [0.15, 0.2) is 36.4 Å². The van der Waals surface area contributed by atoms with Crippen LogP contribution in [-0.2, 0) is 0 Å². The molecular weight excluding hydrogens is 214 g/mol. The summed E-state index contributed by atoms with van der Waals surface area (Å²) >= 11 is 0. The Morgan fingerprint density at radius 3 is 2.24 bits per heavy atom. The summed E-state index contributed by atoms with van der Waals surface area (Å²) < 4.78 is 5.10. The molecule has 0 aromatic carbocycles. The molecule has 88 valence electrons. The van der Waals surface area contributed by atoms with Gasteiger partial charge in [0, 0.05) is 20.2 Å². The standard InChI is InChI=1S/C13H15N3O/c1-16(2)12-8-4-6-10(14-12)11-7-5-9-13(15-11)17-3/h4-9H,1-3H3. The largest absolute Gasteiger partial charge is 0.481 e. The van der Waals surface area contributed by atoms with Gasteiger partial charge in [0.05, 0.1) is 18.5 Å². The molecule has 0 aliphatic heterocycles. The molecule has 0 amide bonds. The summed E-state index contributed by atoms with van der Waals surface area (Å²) in [5, 5.41) is 0. The number of anilines is 1. The van der Waals surface area contributed by atoms with Crippen molar-refractivity contribution in [3.8, 4) is 17.3 Å². The molecule has 17 heavy (non-hydrogen) atoms. The van der Waals surface area contributed by atoms with Crippen LogP contribution in [0.4, 0.5) is 5.82 Å². The van der Waals surface area contributed by atoms with Crippen molar-refractivity contribution in [3.63, 3.8) is 0 Å². The number of rotatable bonds is 3. The molecule has 0 aliphatic rings. The lowest BCUT2D eigenvalue weighted by atomic mass is 10.2. The van der Waals surface area contributed by atoms with Crippen molar-refractivity contribution in [2.75, 3.05) is 26.1 Å². The van der Waals surface area contributed by atoms with E-state index in [0.717, 1.165) is 17.2 Å². The Kier molecular flexibility index (Phi) is 3.23. The molecule has 0 spiro atoms. The summed E-state index contributed by atoms with van der Waals surface area (Å²) in [6.07, 6.45) is 0. The first-order valence-corrected chi connectivity index (χ1v) is 5.36. The van der Waals surface area contributed by atoms with Crippen molar-refractivity contribution >= 4 is 5.82 Å². The third-order valence-corrected chi connectivity index (χ3v) is 2.39. The van der Waals surface area contributed by atoms with E-state index < -0.39 is 0 Å². The Bertz CT molecular complexity index is 512. The average Bonchev–Trinajstić information content (AvgIpc) is 2.39. The number of methoxy groups -OCH3 is 1. The number of aromatic nitrogens is 2. The van der Waals surface area contributed by atoms with Gasteiger partial charge in [-0.25, -0.2) is 9.97 Å². The molecule has 2 aromatic rings. The Morgan fingerprint density at radius 2 is 1.59 bits per heavy atom. The molecule has 0 saturated carbocycles. The fourth-order valence-corrected chi connectivity index (χ4v) is 1.49. The lowest BCUT2D eigenvalue weighted by molar-refractivity contribution is 0.398. The fourth-order valence-electron chi connectivity index (χ4n) is 1.49. The van der Waals surface area contributed by atoms with Crippen LogP contribution in [0.1, 0.15) is 0 Å². The minimum absolute atomic E-state index is 0.597. The molecule has 0 unspecified atom stereocenters. The lowest BCUT2D eigenvalue weighted by Crippen LogP contribution is -2.10. The second-order valence-corrected chi connectivity index (χ2v) is 3.84. The molecule has 0 fully saturated rings. The second-order valence-electron chi connectivity index (χ2n) is 3.84. The maximum Gasteiger partial charge on any atom is 0.213 e. The minimum atomic E-state index is 0.597. The first-order chi connectivity index (χ1) is 8.20. The molecule has 0 N–H and O–H groups in total. The van der Waals surface area contributed by atoms with E-state index in [4.69, 9.17) is 4.74 Å². The Balaban J connectivity index is 2.41. The molecule has 4 heteroatoms. The van der Waals surface area contributed by atoms with Crippen molar-refractivity contribution < 1.29 is 4.74 Å². The van der Waals surface area contributed by atoms with Gasteiger partial charge in [0.2, 0.25) is 5.88 Å². The highest BCUT2D eigenvalue weighted by atomic mass is 16.5. The van der Waals surface area contributed by atoms with Crippen molar-refractivity contribution in [2.45, 2.75) is 0 Å². The van der Waals surface area contributed by atoms with E-state index >= 15 is 0 Å². The summed E-state index contributed by atoms with van der Waals surface area (Å²) in [5.41, 5.74) is 1.66. The van der Waals surface area contributed by atoms with Crippen LogP contribution in [0, 0.1) is 0 Å². The Morgan fingerprint density at radius 1 is 0.941 bits per heavy atom. The number of pyridine rings is 2. The highest BCUT2D eigenvalue weighted by Gasteiger charge is 2.04. The summed E-state index contributed by atoms with van der Waals surface area (Å²) in [6.45, 7) is 0. The monoisotopic (exact) mass is 229 g/mol. The zero-order valence-corrected chi connectivity index (χ0v) is 10.2. The summed E-state index contributed by atoms with van der Waals surface area (Å²) in [6, 6.07) is 11.5. The fraction of sp³-hybridized carbons (Fsp3) is 0.231. The summed E-state index contributed by atoms with van der Waals surface area (Å²) in [5.74, 6) is 1.51. The molecule has 0 radical (unpaired) electrons. The summed E-state index contributed by atoms with van der Waals surface area (Å²) in [4.78, 5) is 10.8. The van der Waals surface area contributed by atoms with E-state index in [-0.39, 0.29) is 0 Å². The van der Waals surface area contributed by atoms with Crippen LogP contribution in [-0.4, -0.2) is 31.2 Å². The van der Waals surface area contributed by atoms with E-state index in [1.54, 1.807) is 7.11 Å².